The fraction of sp³-hybridized carbons (Fsp3) is 0. The van der Waals surface area contributed by atoms with Gasteiger partial charge in [0.25, 0.3) is 0 Å². The van der Waals surface area contributed by atoms with Gasteiger partial charge in [-0.1, -0.05) is 121 Å². The number of para-hydroxylation sites is 4. The van der Waals surface area contributed by atoms with Gasteiger partial charge < -0.3 is 9.13 Å². The van der Waals surface area contributed by atoms with Crippen molar-refractivity contribution in [3.8, 4) is 39.8 Å². The number of rotatable bonds is 5. The van der Waals surface area contributed by atoms with Crippen LogP contribution < -0.4 is 0 Å². The van der Waals surface area contributed by atoms with E-state index >= 15 is 0 Å². The van der Waals surface area contributed by atoms with Crippen molar-refractivity contribution >= 4 is 43.6 Å². The fourth-order valence-electron chi connectivity index (χ4n) is 7.40. The second kappa shape index (κ2) is 10.9. The number of hydrogen-bond donors (Lipinski definition) is 0. The lowest BCUT2D eigenvalue weighted by molar-refractivity contribution is 0.891. The summed E-state index contributed by atoms with van der Waals surface area (Å²) in [7, 11) is 0. The monoisotopic (exact) mass is 627 g/mol. The zero-order valence-electron chi connectivity index (χ0n) is 26.5. The molecule has 0 unspecified atom stereocenters. The molecule has 3 aromatic heterocycles. The molecule has 0 N–H and O–H groups in total. The molecule has 5 nitrogen and oxygen atoms in total. The van der Waals surface area contributed by atoms with E-state index in [0.717, 1.165) is 50.4 Å². The van der Waals surface area contributed by atoms with Crippen LogP contribution >= 0.6 is 0 Å². The summed E-state index contributed by atoms with van der Waals surface area (Å²) in [5, 5.41) is 9.88. The van der Waals surface area contributed by atoms with Crippen molar-refractivity contribution < 1.29 is 0 Å². The van der Waals surface area contributed by atoms with E-state index in [1.807, 2.05) is 41.1 Å². The van der Waals surface area contributed by atoms with Gasteiger partial charge in [0.05, 0.1) is 27.8 Å². The zero-order chi connectivity index (χ0) is 32.3. The van der Waals surface area contributed by atoms with Crippen molar-refractivity contribution in [1.82, 2.24) is 23.9 Å². The van der Waals surface area contributed by atoms with Crippen LogP contribution in [0.3, 0.4) is 0 Å². The first kappa shape index (κ1) is 27.4. The number of aromatic nitrogens is 5. The summed E-state index contributed by atoms with van der Waals surface area (Å²) in [6.45, 7) is 0. The second-order valence-electron chi connectivity index (χ2n) is 12.3. The van der Waals surface area contributed by atoms with Crippen LogP contribution in [0.2, 0.25) is 0 Å². The molecule has 7 aromatic carbocycles. The van der Waals surface area contributed by atoms with Crippen molar-refractivity contribution in [1.29, 1.82) is 0 Å². The SMILES string of the molecule is c1ccc(-c2nc(-c3cccc4c3c3ccccc3n4-c3cccc(-n4c5ccccc5c5ccccc54)c3)n(-c3ccccc3)n2)cc1. The van der Waals surface area contributed by atoms with E-state index in [9.17, 15) is 0 Å². The molecule has 49 heavy (non-hydrogen) atoms. The average molecular weight is 628 g/mol. The molecule has 0 bridgehead atoms. The third kappa shape index (κ3) is 4.26. The average Bonchev–Trinajstić information content (AvgIpc) is 3.87. The minimum atomic E-state index is 0.694. The molecule has 0 saturated heterocycles. The van der Waals surface area contributed by atoms with Gasteiger partial charge in [-0.2, -0.15) is 0 Å². The quantitative estimate of drug-likeness (QED) is 0.190. The van der Waals surface area contributed by atoms with E-state index in [0.29, 0.717) is 5.82 Å². The van der Waals surface area contributed by atoms with Gasteiger partial charge in [0.2, 0.25) is 0 Å². The zero-order valence-corrected chi connectivity index (χ0v) is 26.5. The first-order chi connectivity index (χ1) is 24.3. The second-order valence-corrected chi connectivity index (χ2v) is 12.3. The summed E-state index contributed by atoms with van der Waals surface area (Å²) in [5.41, 5.74) is 9.83. The predicted octanol–water partition coefficient (Wildman–Crippen LogP) is 10.8. The topological polar surface area (TPSA) is 40.6 Å². The Labute approximate surface area is 282 Å². The maximum Gasteiger partial charge on any atom is 0.182 e. The summed E-state index contributed by atoms with van der Waals surface area (Å²) in [4.78, 5) is 5.21. The van der Waals surface area contributed by atoms with Gasteiger partial charge in [0.15, 0.2) is 11.6 Å². The van der Waals surface area contributed by atoms with E-state index in [1.165, 1.54) is 27.2 Å². The van der Waals surface area contributed by atoms with Gasteiger partial charge in [-0.25, -0.2) is 9.67 Å². The van der Waals surface area contributed by atoms with E-state index in [1.54, 1.807) is 0 Å². The molecule has 0 fully saturated rings. The van der Waals surface area contributed by atoms with Crippen LogP contribution in [0.25, 0.3) is 83.4 Å². The molecule has 10 aromatic rings. The van der Waals surface area contributed by atoms with Crippen molar-refractivity contribution in [3.63, 3.8) is 0 Å². The van der Waals surface area contributed by atoms with Crippen molar-refractivity contribution in [3.05, 3.63) is 176 Å². The smallest absolute Gasteiger partial charge is 0.182 e. The standard InChI is InChI=1S/C44H29N5/c1-3-15-30(16-4-1)43-45-44(49(46-43)31-17-5-2-6-18-31)37-24-14-28-41-42(37)36-23-9-12-27-40(36)48(41)33-20-13-19-32(29-33)47-38-25-10-7-21-34(38)35-22-8-11-26-39(35)47/h1-29H. The molecule has 0 amide bonds. The van der Waals surface area contributed by atoms with Gasteiger partial charge in [-0.15, -0.1) is 5.10 Å². The highest BCUT2D eigenvalue weighted by Gasteiger charge is 2.22. The van der Waals surface area contributed by atoms with Crippen molar-refractivity contribution in [2.24, 2.45) is 0 Å². The van der Waals surface area contributed by atoms with Crippen LogP contribution in [0.5, 0.6) is 0 Å². The highest BCUT2D eigenvalue weighted by molar-refractivity contribution is 6.15. The first-order valence-electron chi connectivity index (χ1n) is 16.5. The molecule has 230 valence electrons. The molecule has 0 aliphatic heterocycles. The molecule has 5 heteroatoms. The Kier molecular flexibility index (Phi) is 6.11. The van der Waals surface area contributed by atoms with Crippen LogP contribution in [0, 0.1) is 0 Å². The molecule has 0 atom stereocenters. The lowest BCUT2D eigenvalue weighted by Gasteiger charge is -2.13. The minimum Gasteiger partial charge on any atom is -0.309 e. The first-order valence-corrected chi connectivity index (χ1v) is 16.5. The third-order valence-electron chi connectivity index (χ3n) is 9.50. The van der Waals surface area contributed by atoms with Gasteiger partial charge in [-0.3, -0.25) is 0 Å². The number of nitrogens with zero attached hydrogens (tertiary/aromatic N) is 5. The van der Waals surface area contributed by atoms with Gasteiger partial charge in [0, 0.05) is 44.0 Å². The van der Waals surface area contributed by atoms with E-state index in [-0.39, 0.29) is 0 Å². The summed E-state index contributed by atoms with van der Waals surface area (Å²) in [5.74, 6) is 1.50. The minimum absolute atomic E-state index is 0.694. The number of hydrogen-bond acceptors (Lipinski definition) is 2. The van der Waals surface area contributed by atoms with Gasteiger partial charge in [-0.05, 0) is 54.6 Å². The van der Waals surface area contributed by atoms with Gasteiger partial charge in [0.1, 0.15) is 0 Å². The highest BCUT2D eigenvalue weighted by atomic mass is 15.4. The summed E-state index contributed by atoms with van der Waals surface area (Å²) in [6.07, 6.45) is 0. The maximum atomic E-state index is 5.21. The van der Waals surface area contributed by atoms with Crippen LogP contribution in [0.1, 0.15) is 0 Å². The van der Waals surface area contributed by atoms with Gasteiger partial charge >= 0.3 is 0 Å². The number of fused-ring (bicyclic) bond motifs is 6. The van der Waals surface area contributed by atoms with Crippen LogP contribution in [0.15, 0.2) is 176 Å². The lowest BCUT2D eigenvalue weighted by atomic mass is 10.1. The van der Waals surface area contributed by atoms with E-state index < -0.39 is 0 Å². The van der Waals surface area contributed by atoms with Crippen LogP contribution in [0.4, 0.5) is 0 Å². The Balaban J connectivity index is 1.23. The molecule has 0 saturated carbocycles. The molecule has 10 rings (SSSR count). The Hall–Kier alpha value is -6.72. The largest absolute Gasteiger partial charge is 0.309 e. The van der Waals surface area contributed by atoms with Crippen molar-refractivity contribution in [2.75, 3.05) is 0 Å². The molecule has 3 heterocycles. The Morgan fingerprint density at radius 3 is 1.55 bits per heavy atom. The summed E-state index contributed by atoms with van der Waals surface area (Å²) < 4.78 is 6.74. The molecular weight excluding hydrogens is 599 g/mol. The molecule has 0 radical (unpaired) electrons. The Morgan fingerprint density at radius 1 is 0.388 bits per heavy atom. The third-order valence-corrected chi connectivity index (χ3v) is 9.50. The summed E-state index contributed by atoms with van der Waals surface area (Å²) in [6, 6.07) is 61.8. The Bertz CT molecular complexity index is 2770. The highest BCUT2D eigenvalue weighted by Crippen LogP contribution is 2.40. The number of benzene rings is 7. The molecule has 0 aliphatic rings. The van der Waals surface area contributed by atoms with Crippen molar-refractivity contribution in [2.45, 2.75) is 0 Å². The normalized spacial score (nSPS) is 11.7. The van der Waals surface area contributed by atoms with E-state index in [2.05, 4.69) is 149 Å². The molecular formula is C44H29N5. The fourth-order valence-corrected chi connectivity index (χ4v) is 7.40. The predicted molar refractivity (Wildman–Crippen MR) is 201 cm³/mol. The van der Waals surface area contributed by atoms with E-state index in [4.69, 9.17) is 10.1 Å². The van der Waals surface area contributed by atoms with Crippen LogP contribution in [-0.4, -0.2) is 23.9 Å². The molecule has 0 spiro atoms. The summed E-state index contributed by atoms with van der Waals surface area (Å²) >= 11 is 0. The van der Waals surface area contributed by atoms with Crippen LogP contribution in [-0.2, 0) is 0 Å². The molecule has 0 aliphatic carbocycles. The Morgan fingerprint density at radius 2 is 0.878 bits per heavy atom. The maximum absolute atomic E-state index is 5.21. The lowest BCUT2D eigenvalue weighted by Crippen LogP contribution is -2.00.